The molecular weight excluding hydrogens is 224 g/mol. The summed E-state index contributed by atoms with van der Waals surface area (Å²) in [7, 11) is 0. The van der Waals surface area contributed by atoms with Gasteiger partial charge < -0.3 is 5.53 Å². The molecule has 0 saturated carbocycles. The second kappa shape index (κ2) is 5.21. The molecule has 0 amide bonds. The molecule has 0 aliphatic carbocycles. The van der Waals surface area contributed by atoms with Crippen LogP contribution in [0.25, 0.3) is 16.7 Å². The van der Waals surface area contributed by atoms with Crippen LogP contribution < -0.4 is 0 Å². The highest BCUT2D eigenvalue weighted by atomic mass is 16.1. The van der Waals surface area contributed by atoms with Crippen LogP contribution in [-0.4, -0.2) is 16.3 Å². The first-order chi connectivity index (χ1) is 8.72. The summed E-state index contributed by atoms with van der Waals surface area (Å²) in [6, 6.07) is 17.2. The molecule has 0 saturated heterocycles. The average Bonchev–Trinajstić information content (AvgIpc) is 2.47. The van der Waals surface area contributed by atoms with E-state index in [0.29, 0.717) is 5.56 Å². The van der Waals surface area contributed by atoms with Crippen molar-refractivity contribution in [3.8, 4) is 11.1 Å². The number of Topliss-reactive ketones (excluding diaryl/α,β-unsaturated/α-hetero) is 1. The Labute approximate surface area is 105 Å². The Morgan fingerprint density at radius 1 is 0.944 bits per heavy atom. The standard InChI is InChI=1S/C15H12N2O/c1-11(17-16)15(18)14-9-7-13(8-10-14)12-5-3-2-4-6-12/h2-10H,1H3. The fourth-order valence-electron chi connectivity index (χ4n) is 1.70. The number of ketones is 1. The summed E-state index contributed by atoms with van der Waals surface area (Å²) in [5.41, 5.74) is 11.3. The lowest BCUT2D eigenvalue weighted by atomic mass is 10.0. The van der Waals surface area contributed by atoms with Gasteiger partial charge in [0.1, 0.15) is 0 Å². The van der Waals surface area contributed by atoms with Gasteiger partial charge in [-0.2, -0.15) is 4.79 Å². The maximum absolute atomic E-state index is 11.7. The number of carbonyl (C=O) groups excluding carboxylic acids is 1. The molecule has 0 atom stereocenters. The Morgan fingerprint density at radius 2 is 1.50 bits per heavy atom. The van der Waals surface area contributed by atoms with Crippen LogP contribution in [0.1, 0.15) is 17.3 Å². The third kappa shape index (κ3) is 2.42. The third-order valence-electron chi connectivity index (χ3n) is 2.73. The van der Waals surface area contributed by atoms with Gasteiger partial charge in [-0.25, -0.2) is 0 Å². The van der Waals surface area contributed by atoms with Crippen molar-refractivity contribution in [3.05, 3.63) is 65.7 Å². The van der Waals surface area contributed by atoms with Crippen molar-refractivity contribution < 1.29 is 9.58 Å². The van der Waals surface area contributed by atoms with E-state index in [1.807, 2.05) is 42.5 Å². The van der Waals surface area contributed by atoms with Crippen LogP contribution in [0, 0.1) is 0 Å². The zero-order chi connectivity index (χ0) is 13.0. The van der Waals surface area contributed by atoms with Gasteiger partial charge in [-0.05, 0) is 11.1 Å². The molecule has 0 aliphatic rings. The highest BCUT2D eigenvalue weighted by Crippen LogP contribution is 2.19. The summed E-state index contributed by atoms with van der Waals surface area (Å²) in [6.45, 7) is 1.48. The summed E-state index contributed by atoms with van der Waals surface area (Å²) < 4.78 is 0. The van der Waals surface area contributed by atoms with E-state index in [9.17, 15) is 4.79 Å². The van der Waals surface area contributed by atoms with Gasteiger partial charge in [-0.1, -0.05) is 54.6 Å². The molecule has 0 spiro atoms. The van der Waals surface area contributed by atoms with Crippen molar-refractivity contribution in [2.24, 2.45) is 0 Å². The smallest absolute Gasteiger partial charge is 0.336 e. The molecule has 0 N–H and O–H groups in total. The van der Waals surface area contributed by atoms with Crippen LogP contribution in [0.2, 0.25) is 0 Å². The average molecular weight is 236 g/mol. The molecule has 0 bridgehead atoms. The largest absolute Gasteiger partial charge is 0.361 e. The zero-order valence-electron chi connectivity index (χ0n) is 10.00. The first-order valence-electron chi connectivity index (χ1n) is 5.61. The number of hydrogen-bond acceptors (Lipinski definition) is 1. The highest BCUT2D eigenvalue weighted by Gasteiger charge is 2.15. The van der Waals surface area contributed by atoms with Crippen molar-refractivity contribution in [2.45, 2.75) is 6.92 Å². The molecule has 3 heteroatoms. The van der Waals surface area contributed by atoms with Crippen LogP contribution in [0.3, 0.4) is 0 Å². The Bertz CT molecular complexity index is 609. The number of benzene rings is 2. The highest BCUT2D eigenvalue weighted by molar-refractivity contribution is 6.43. The SMILES string of the molecule is CC(=[N+]=[N-])C(=O)c1ccc(-c2ccccc2)cc1. The minimum Gasteiger partial charge on any atom is -0.361 e. The zero-order valence-corrected chi connectivity index (χ0v) is 10.00. The quantitative estimate of drug-likeness (QED) is 0.349. The molecule has 0 unspecified atom stereocenters. The number of rotatable bonds is 3. The van der Waals surface area contributed by atoms with Crippen molar-refractivity contribution in [2.75, 3.05) is 0 Å². The number of nitrogens with zero attached hydrogens (tertiary/aromatic N) is 2. The maximum Gasteiger partial charge on any atom is 0.336 e. The lowest BCUT2D eigenvalue weighted by Gasteiger charge is -2.01. The van der Waals surface area contributed by atoms with Crippen LogP contribution in [0.15, 0.2) is 54.6 Å². The molecule has 2 aromatic rings. The summed E-state index contributed by atoms with van der Waals surface area (Å²) >= 11 is 0. The van der Waals surface area contributed by atoms with Gasteiger partial charge in [0.05, 0.1) is 0 Å². The molecule has 2 rings (SSSR count). The van der Waals surface area contributed by atoms with Crippen molar-refractivity contribution in [3.63, 3.8) is 0 Å². The Kier molecular flexibility index (Phi) is 3.46. The molecule has 0 fully saturated rings. The molecule has 0 aliphatic heterocycles. The molecule has 0 aromatic heterocycles. The van der Waals surface area contributed by atoms with Crippen LogP contribution in [0.5, 0.6) is 0 Å². The Morgan fingerprint density at radius 3 is 2.06 bits per heavy atom. The predicted molar refractivity (Wildman–Crippen MR) is 70.5 cm³/mol. The van der Waals surface area contributed by atoms with E-state index in [-0.39, 0.29) is 11.5 Å². The Balaban J connectivity index is 2.32. The monoisotopic (exact) mass is 236 g/mol. The van der Waals surface area contributed by atoms with Gasteiger partial charge in [0.2, 0.25) is 0 Å². The van der Waals surface area contributed by atoms with Gasteiger partial charge in [0, 0.05) is 12.5 Å². The fourth-order valence-corrected chi connectivity index (χ4v) is 1.70. The van der Waals surface area contributed by atoms with Gasteiger partial charge >= 0.3 is 5.71 Å². The van der Waals surface area contributed by atoms with Crippen molar-refractivity contribution >= 4 is 11.5 Å². The van der Waals surface area contributed by atoms with Crippen LogP contribution in [-0.2, 0) is 0 Å². The lowest BCUT2D eigenvalue weighted by molar-refractivity contribution is -0.00678. The van der Waals surface area contributed by atoms with E-state index in [1.165, 1.54) is 6.92 Å². The molecular formula is C15H12N2O. The summed E-state index contributed by atoms with van der Waals surface area (Å²) in [5, 5.41) is 0. The van der Waals surface area contributed by atoms with E-state index >= 15 is 0 Å². The number of carbonyl (C=O) groups is 1. The topological polar surface area (TPSA) is 53.5 Å². The predicted octanol–water partition coefficient (Wildman–Crippen LogP) is 3.23. The maximum atomic E-state index is 11.7. The van der Waals surface area contributed by atoms with Gasteiger partial charge in [0.15, 0.2) is 0 Å². The first kappa shape index (κ1) is 12.0. The second-order valence-electron chi connectivity index (χ2n) is 3.96. The Hall–Kier alpha value is -2.51. The van der Waals surface area contributed by atoms with Gasteiger partial charge in [-0.15, -0.1) is 0 Å². The van der Waals surface area contributed by atoms with E-state index in [1.54, 1.807) is 12.1 Å². The van der Waals surface area contributed by atoms with Crippen LogP contribution in [0.4, 0.5) is 0 Å². The summed E-state index contributed by atoms with van der Waals surface area (Å²) in [6.07, 6.45) is 0. The van der Waals surface area contributed by atoms with E-state index in [0.717, 1.165) is 11.1 Å². The third-order valence-corrected chi connectivity index (χ3v) is 2.73. The molecule has 3 nitrogen and oxygen atoms in total. The van der Waals surface area contributed by atoms with E-state index in [2.05, 4.69) is 4.79 Å². The molecule has 0 radical (unpaired) electrons. The second-order valence-corrected chi connectivity index (χ2v) is 3.96. The lowest BCUT2D eigenvalue weighted by Crippen LogP contribution is -2.11. The molecule has 2 aromatic carbocycles. The minimum absolute atomic E-state index is 0.0856. The fraction of sp³-hybridized carbons (Fsp3) is 0.0667. The first-order valence-corrected chi connectivity index (χ1v) is 5.61. The normalized spacial score (nSPS) is 9.61. The molecule has 0 heterocycles. The summed E-state index contributed by atoms with van der Waals surface area (Å²) in [5.74, 6) is -0.267. The van der Waals surface area contributed by atoms with Gasteiger partial charge in [0.25, 0.3) is 5.78 Å². The minimum atomic E-state index is -0.267. The molecule has 88 valence electrons. The van der Waals surface area contributed by atoms with Gasteiger partial charge in [-0.3, -0.25) is 4.79 Å². The van der Waals surface area contributed by atoms with Crippen molar-refractivity contribution in [1.29, 1.82) is 0 Å². The van der Waals surface area contributed by atoms with E-state index < -0.39 is 0 Å². The summed E-state index contributed by atoms with van der Waals surface area (Å²) in [4.78, 5) is 14.6. The molecule has 18 heavy (non-hydrogen) atoms. The van der Waals surface area contributed by atoms with Crippen molar-refractivity contribution in [1.82, 2.24) is 0 Å². The number of hydrogen-bond donors (Lipinski definition) is 0. The van der Waals surface area contributed by atoms with E-state index in [4.69, 9.17) is 5.53 Å². The van der Waals surface area contributed by atoms with Crippen LogP contribution >= 0.6 is 0 Å².